The first-order valence-corrected chi connectivity index (χ1v) is 6.78. The molecule has 0 fully saturated rings. The van der Waals surface area contributed by atoms with E-state index in [0.29, 0.717) is 19.6 Å². The quantitative estimate of drug-likeness (QED) is 0.698. The highest BCUT2D eigenvalue weighted by atomic mass is 16.6. The van der Waals surface area contributed by atoms with E-state index in [4.69, 9.17) is 9.84 Å². The van der Waals surface area contributed by atoms with E-state index in [1.165, 1.54) is 0 Å². The molecule has 21 heavy (non-hydrogen) atoms. The van der Waals surface area contributed by atoms with E-state index in [1.807, 2.05) is 20.8 Å². The number of benzene rings is 1. The SMILES string of the molecule is CC(C)(C)OC(=O)NCCNCc1ccc(C(=O)O)cc1. The average molecular weight is 294 g/mol. The molecular weight excluding hydrogens is 272 g/mol. The summed E-state index contributed by atoms with van der Waals surface area (Å²) in [5.41, 5.74) is 0.756. The molecule has 3 N–H and O–H groups in total. The molecule has 1 rings (SSSR count). The second-order valence-corrected chi connectivity index (χ2v) is 5.61. The van der Waals surface area contributed by atoms with Crippen molar-refractivity contribution in [3.63, 3.8) is 0 Å². The number of carboxylic acid groups (broad SMARTS) is 1. The minimum absolute atomic E-state index is 0.269. The highest BCUT2D eigenvalue weighted by Crippen LogP contribution is 2.06. The number of hydrogen-bond donors (Lipinski definition) is 3. The molecule has 0 radical (unpaired) electrons. The lowest BCUT2D eigenvalue weighted by atomic mass is 10.1. The molecule has 6 heteroatoms. The van der Waals surface area contributed by atoms with Gasteiger partial charge in [-0.05, 0) is 38.5 Å². The topological polar surface area (TPSA) is 87.7 Å². The van der Waals surface area contributed by atoms with Gasteiger partial charge in [0.25, 0.3) is 0 Å². The smallest absolute Gasteiger partial charge is 0.407 e. The van der Waals surface area contributed by atoms with Crippen molar-refractivity contribution < 1.29 is 19.4 Å². The second kappa shape index (κ2) is 7.64. The van der Waals surface area contributed by atoms with Crippen molar-refractivity contribution in [1.29, 1.82) is 0 Å². The standard InChI is InChI=1S/C15H22N2O4/c1-15(2,3)21-14(20)17-9-8-16-10-11-4-6-12(7-5-11)13(18)19/h4-7,16H,8-10H2,1-3H3,(H,17,20)(H,18,19). The number of carbonyl (C=O) groups is 2. The predicted octanol–water partition coefficient (Wildman–Crippen LogP) is 2.00. The van der Waals surface area contributed by atoms with Crippen LogP contribution in [0.2, 0.25) is 0 Å². The molecule has 116 valence electrons. The van der Waals surface area contributed by atoms with Crippen molar-refractivity contribution in [2.24, 2.45) is 0 Å². The van der Waals surface area contributed by atoms with Gasteiger partial charge in [-0.15, -0.1) is 0 Å². The largest absolute Gasteiger partial charge is 0.478 e. The summed E-state index contributed by atoms with van der Waals surface area (Å²) < 4.78 is 5.10. The summed E-state index contributed by atoms with van der Waals surface area (Å²) in [4.78, 5) is 22.1. The number of nitrogens with one attached hydrogen (secondary N) is 2. The first-order chi connectivity index (χ1) is 9.78. The van der Waals surface area contributed by atoms with Gasteiger partial charge < -0.3 is 20.5 Å². The van der Waals surface area contributed by atoms with Crippen LogP contribution in [0.15, 0.2) is 24.3 Å². The zero-order valence-corrected chi connectivity index (χ0v) is 12.6. The van der Waals surface area contributed by atoms with Crippen LogP contribution >= 0.6 is 0 Å². The number of rotatable bonds is 6. The van der Waals surface area contributed by atoms with Crippen molar-refractivity contribution in [2.45, 2.75) is 32.9 Å². The molecule has 0 aromatic heterocycles. The fourth-order valence-corrected chi connectivity index (χ4v) is 1.57. The minimum Gasteiger partial charge on any atom is -0.478 e. The maximum atomic E-state index is 11.4. The van der Waals surface area contributed by atoms with Gasteiger partial charge in [-0.2, -0.15) is 0 Å². The molecule has 0 aliphatic carbocycles. The lowest BCUT2D eigenvalue weighted by molar-refractivity contribution is 0.0527. The van der Waals surface area contributed by atoms with E-state index < -0.39 is 17.7 Å². The van der Waals surface area contributed by atoms with Gasteiger partial charge in [-0.3, -0.25) is 0 Å². The van der Waals surface area contributed by atoms with Crippen molar-refractivity contribution in [3.05, 3.63) is 35.4 Å². The summed E-state index contributed by atoms with van der Waals surface area (Å²) in [7, 11) is 0. The number of carbonyl (C=O) groups excluding carboxylic acids is 1. The number of amides is 1. The van der Waals surface area contributed by atoms with Gasteiger partial charge in [-0.1, -0.05) is 12.1 Å². The van der Waals surface area contributed by atoms with Gasteiger partial charge >= 0.3 is 12.1 Å². The summed E-state index contributed by atoms with van der Waals surface area (Å²) in [6, 6.07) is 6.66. The molecule has 0 spiro atoms. The molecule has 0 saturated heterocycles. The Morgan fingerprint density at radius 1 is 1.14 bits per heavy atom. The molecule has 1 aromatic rings. The van der Waals surface area contributed by atoms with Gasteiger partial charge in [0.2, 0.25) is 0 Å². The van der Waals surface area contributed by atoms with Crippen molar-refractivity contribution >= 4 is 12.1 Å². The van der Waals surface area contributed by atoms with E-state index >= 15 is 0 Å². The molecule has 6 nitrogen and oxygen atoms in total. The zero-order chi connectivity index (χ0) is 15.9. The van der Waals surface area contributed by atoms with Crippen LogP contribution in [0.3, 0.4) is 0 Å². The van der Waals surface area contributed by atoms with Gasteiger partial charge in [0, 0.05) is 19.6 Å². The summed E-state index contributed by atoms with van der Waals surface area (Å²) in [5.74, 6) is -0.934. The van der Waals surface area contributed by atoms with Crippen LogP contribution < -0.4 is 10.6 Å². The molecular formula is C15H22N2O4. The van der Waals surface area contributed by atoms with E-state index in [1.54, 1.807) is 24.3 Å². The Hall–Kier alpha value is -2.08. The van der Waals surface area contributed by atoms with Gasteiger partial charge in [0.15, 0.2) is 0 Å². The monoisotopic (exact) mass is 294 g/mol. The third-order valence-corrected chi connectivity index (χ3v) is 2.50. The number of hydrogen-bond acceptors (Lipinski definition) is 4. The van der Waals surface area contributed by atoms with Gasteiger partial charge in [0.05, 0.1) is 5.56 Å². The molecule has 0 bridgehead atoms. The van der Waals surface area contributed by atoms with Crippen LogP contribution in [-0.4, -0.2) is 35.9 Å². The summed E-state index contributed by atoms with van der Waals surface area (Å²) in [6.07, 6.45) is -0.435. The molecule has 0 unspecified atom stereocenters. The number of ether oxygens (including phenoxy) is 1. The number of carboxylic acids is 1. The Morgan fingerprint density at radius 2 is 1.76 bits per heavy atom. The Morgan fingerprint density at radius 3 is 2.29 bits per heavy atom. The highest BCUT2D eigenvalue weighted by molar-refractivity contribution is 5.87. The molecule has 1 amide bonds. The first-order valence-electron chi connectivity index (χ1n) is 6.78. The third kappa shape index (κ3) is 7.31. The third-order valence-electron chi connectivity index (χ3n) is 2.50. The summed E-state index contributed by atoms with van der Waals surface area (Å²) in [6.45, 7) is 7.10. The Labute approximate surface area is 124 Å². The van der Waals surface area contributed by atoms with E-state index in [0.717, 1.165) is 5.56 Å². The Bertz CT molecular complexity index is 477. The molecule has 0 heterocycles. The summed E-state index contributed by atoms with van der Waals surface area (Å²) in [5, 5.41) is 14.6. The van der Waals surface area contributed by atoms with Crippen LogP contribution in [0.5, 0.6) is 0 Å². The lowest BCUT2D eigenvalue weighted by Gasteiger charge is -2.19. The van der Waals surface area contributed by atoms with Crippen LogP contribution in [0, 0.1) is 0 Å². The zero-order valence-electron chi connectivity index (χ0n) is 12.6. The lowest BCUT2D eigenvalue weighted by Crippen LogP contribution is -2.36. The Balaban J connectivity index is 2.19. The summed E-state index contributed by atoms with van der Waals surface area (Å²) >= 11 is 0. The normalized spacial score (nSPS) is 11.0. The van der Waals surface area contributed by atoms with Crippen molar-refractivity contribution in [1.82, 2.24) is 10.6 Å². The second-order valence-electron chi connectivity index (χ2n) is 5.61. The van der Waals surface area contributed by atoms with E-state index in [2.05, 4.69) is 10.6 Å². The number of aromatic carboxylic acids is 1. The Kier molecular flexibility index (Phi) is 6.17. The van der Waals surface area contributed by atoms with Crippen LogP contribution in [-0.2, 0) is 11.3 Å². The van der Waals surface area contributed by atoms with E-state index in [-0.39, 0.29) is 5.56 Å². The highest BCUT2D eigenvalue weighted by Gasteiger charge is 2.15. The van der Waals surface area contributed by atoms with Gasteiger partial charge in [-0.25, -0.2) is 9.59 Å². The molecule has 1 aromatic carbocycles. The van der Waals surface area contributed by atoms with E-state index in [9.17, 15) is 9.59 Å². The van der Waals surface area contributed by atoms with Gasteiger partial charge in [0.1, 0.15) is 5.60 Å². The van der Waals surface area contributed by atoms with Crippen LogP contribution in [0.25, 0.3) is 0 Å². The maximum absolute atomic E-state index is 11.4. The average Bonchev–Trinajstić information content (AvgIpc) is 2.36. The molecule has 0 aliphatic heterocycles. The fourth-order valence-electron chi connectivity index (χ4n) is 1.57. The molecule has 0 atom stereocenters. The minimum atomic E-state index is -0.934. The molecule has 0 aliphatic rings. The maximum Gasteiger partial charge on any atom is 0.407 e. The van der Waals surface area contributed by atoms with Crippen LogP contribution in [0.4, 0.5) is 4.79 Å². The van der Waals surface area contributed by atoms with Crippen molar-refractivity contribution in [3.8, 4) is 0 Å². The van der Waals surface area contributed by atoms with Crippen LogP contribution in [0.1, 0.15) is 36.7 Å². The predicted molar refractivity (Wildman–Crippen MR) is 79.3 cm³/mol. The fraction of sp³-hybridized carbons (Fsp3) is 0.467. The number of alkyl carbamates (subject to hydrolysis) is 1. The first kappa shape index (κ1) is 17.0. The van der Waals surface area contributed by atoms with Crippen molar-refractivity contribution in [2.75, 3.05) is 13.1 Å². The molecule has 0 saturated carbocycles.